The predicted octanol–water partition coefficient (Wildman–Crippen LogP) is 4.88. The molecule has 1 amide bonds. The third kappa shape index (κ3) is 3.76. The molecule has 6 rings (SSSR count). The van der Waals surface area contributed by atoms with Gasteiger partial charge in [-0.1, -0.05) is 54.5 Å². The summed E-state index contributed by atoms with van der Waals surface area (Å²) in [6.07, 6.45) is 2.09. The van der Waals surface area contributed by atoms with E-state index in [0.717, 1.165) is 72.4 Å². The summed E-state index contributed by atoms with van der Waals surface area (Å²) in [5.41, 5.74) is 5.64. The quantitative estimate of drug-likeness (QED) is 0.446. The molecule has 2 fully saturated rings. The van der Waals surface area contributed by atoms with Gasteiger partial charge < -0.3 is 9.64 Å². The molecule has 0 aliphatic carbocycles. The Labute approximate surface area is 198 Å². The highest BCUT2D eigenvalue weighted by molar-refractivity contribution is 5.99. The summed E-state index contributed by atoms with van der Waals surface area (Å²) >= 11 is 0. The van der Waals surface area contributed by atoms with Gasteiger partial charge in [0, 0.05) is 48.2 Å². The van der Waals surface area contributed by atoms with Crippen molar-refractivity contribution in [1.29, 1.82) is 0 Å². The first kappa shape index (κ1) is 20.7. The molecule has 4 aromatic rings. The van der Waals surface area contributed by atoms with Crippen molar-refractivity contribution in [3.05, 3.63) is 89.6 Å². The molecule has 2 aliphatic heterocycles. The lowest BCUT2D eigenvalue weighted by Crippen LogP contribution is -2.60. The van der Waals surface area contributed by atoms with Crippen LogP contribution in [0.1, 0.15) is 34.5 Å². The van der Waals surface area contributed by atoms with Crippen molar-refractivity contribution in [1.82, 2.24) is 15.1 Å². The minimum Gasteiger partial charge on any atom is -0.381 e. The van der Waals surface area contributed by atoms with Crippen molar-refractivity contribution in [2.24, 2.45) is 5.41 Å². The van der Waals surface area contributed by atoms with Crippen molar-refractivity contribution in [3.63, 3.8) is 0 Å². The lowest BCUT2D eigenvalue weighted by Gasteiger charge is -2.52. The molecule has 0 bridgehead atoms. The highest BCUT2D eigenvalue weighted by atomic mass is 16.5. The van der Waals surface area contributed by atoms with Crippen molar-refractivity contribution >= 4 is 16.8 Å². The molecular formula is C29H25N3O2. The summed E-state index contributed by atoms with van der Waals surface area (Å²) in [5.74, 6) is 6.65. The van der Waals surface area contributed by atoms with E-state index in [1.807, 2.05) is 59.5 Å². The maximum Gasteiger partial charge on any atom is 0.253 e. The highest BCUT2D eigenvalue weighted by Crippen LogP contribution is 2.40. The third-order valence-corrected chi connectivity index (χ3v) is 7.03. The van der Waals surface area contributed by atoms with E-state index in [1.54, 1.807) is 0 Å². The molecule has 34 heavy (non-hydrogen) atoms. The van der Waals surface area contributed by atoms with E-state index in [-0.39, 0.29) is 11.3 Å². The number of amides is 1. The topological polar surface area (TPSA) is 58.2 Å². The average Bonchev–Trinajstić information content (AvgIpc) is 3.29. The van der Waals surface area contributed by atoms with Crippen LogP contribution in [0.5, 0.6) is 0 Å². The number of carbonyl (C=O) groups excluding carboxylic acids is 1. The van der Waals surface area contributed by atoms with Crippen LogP contribution >= 0.6 is 0 Å². The number of fused-ring (bicyclic) bond motifs is 1. The number of nitrogens with one attached hydrogen (secondary N) is 1. The molecule has 5 heteroatoms. The van der Waals surface area contributed by atoms with Gasteiger partial charge in [0.15, 0.2) is 0 Å². The van der Waals surface area contributed by atoms with Gasteiger partial charge in [0.2, 0.25) is 0 Å². The fourth-order valence-corrected chi connectivity index (χ4v) is 5.04. The first-order valence-corrected chi connectivity index (χ1v) is 11.7. The first-order chi connectivity index (χ1) is 16.7. The zero-order chi connectivity index (χ0) is 23.0. The molecule has 3 heterocycles. The van der Waals surface area contributed by atoms with Gasteiger partial charge in [-0.25, -0.2) is 0 Å². The average molecular weight is 448 g/mol. The summed E-state index contributed by atoms with van der Waals surface area (Å²) in [5, 5.41) is 8.32. The Bertz CT molecular complexity index is 1410. The predicted molar refractivity (Wildman–Crippen MR) is 132 cm³/mol. The number of nitrogens with zero attached hydrogens (tertiary/aromatic N) is 2. The number of aromatic amines is 1. The summed E-state index contributed by atoms with van der Waals surface area (Å²) in [6.45, 7) is 3.25. The summed E-state index contributed by atoms with van der Waals surface area (Å²) in [7, 11) is 0. The third-order valence-electron chi connectivity index (χ3n) is 7.03. The molecule has 0 atom stereocenters. The number of likely N-dealkylation sites (tertiary alicyclic amines) is 1. The molecule has 1 N–H and O–H groups in total. The van der Waals surface area contributed by atoms with E-state index in [4.69, 9.17) is 4.74 Å². The number of aromatic nitrogens is 2. The van der Waals surface area contributed by atoms with Crippen LogP contribution in [0, 0.1) is 17.3 Å². The van der Waals surface area contributed by atoms with Gasteiger partial charge >= 0.3 is 0 Å². The van der Waals surface area contributed by atoms with Gasteiger partial charge in [-0.15, -0.1) is 0 Å². The molecular weight excluding hydrogens is 422 g/mol. The summed E-state index contributed by atoms with van der Waals surface area (Å²) in [6, 6.07) is 24.1. The van der Waals surface area contributed by atoms with E-state index >= 15 is 0 Å². The molecule has 0 saturated carbocycles. The maximum atomic E-state index is 13.1. The van der Waals surface area contributed by atoms with Crippen molar-refractivity contribution in [2.75, 3.05) is 26.3 Å². The minimum atomic E-state index is 0.0774. The molecule has 0 radical (unpaired) electrons. The van der Waals surface area contributed by atoms with Crippen molar-refractivity contribution < 1.29 is 9.53 Å². The minimum absolute atomic E-state index is 0.0774. The Morgan fingerprint density at radius 1 is 0.941 bits per heavy atom. The Morgan fingerprint density at radius 2 is 1.71 bits per heavy atom. The van der Waals surface area contributed by atoms with E-state index in [9.17, 15) is 4.79 Å². The molecule has 5 nitrogen and oxygen atoms in total. The number of carbonyl (C=O) groups is 1. The normalized spacial score (nSPS) is 16.6. The number of benzene rings is 3. The number of hydrogen-bond donors (Lipinski definition) is 1. The van der Waals surface area contributed by atoms with Gasteiger partial charge in [-0.05, 0) is 54.2 Å². The molecule has 2 aliphatic rings. The molecule has 3 aromatic carbocycles. The molecule has 2 saturated heterocycles. The van der Waals surface area contributed by atoms with E-state index in [0.29, 0.717) is 5.56 Å². The van der Waals surface area contributed by atoms with Gasteiger partial charge in [-0.3, -0.25) is 9.89 Å². The second-order valence-electron chi connectivity index (χ2n) is 9.27. The largest absolute Gasteiger partial charge is 0.381 e. The Kier molecular flexibility index (Phi) is 5.16. The Hall–Kier alpha value is -3.88. The van der Waals surface area contributed by atoms with Crippen LogP contribution < -0.4 is 0 Å². The fourth-order valence-electron chi connectivity index (χ4n) is 5.04. The fraction of sp³-hybridized carbons (Fsp3) is 0.241. The van der Waals surface area contributed by atoms with Crippen LogP contribution in [0.4, 0.5) is 0 Å². The van der Waals surface area contributed by atoms with E-state index < -0.39 is 0 Å². The smallest absolute Gasteiger partial charge is 0.253 e. The molecule has 1 spiro atoms. The van der Waals surface area contributed by atoms with Crippen LogP contribution in [0.25, 0.3) is 22.0 Å². The van der Waals surface area contributed by atoms with Crippen LogP contribution in [0.15, 0.2) is 72.8 Å². The standard InChI is InChI=1S/C29H25N3O2/c33-28(32-19-29(20-32)14-16-34-17-15-29)23-11-13-27-25(18-23)26(30-31-27)12-10-22-8-4-5-9-24(22)21-6-2-1-3-7-21/h1-9,11,13,18H,14-17,19-20H2,(H,30,31). The molecule has 1 aromatic heterocycles. The van der Waals surface area contributed by atoms with E-state index in [2.05, 4.69) is 40.2 Å². The maximum absolute atomic E-state index is 13.1. The van der Waals surface area contributed by atoms with Crippen LogP contribution in [-0.2, 0) is 4.74 Å². The van der Waals surface area contributed by atoms with Gasteiger partial charge in [0.25, 0.3) is 5.91 Å². The lowest BCUT2D eigenvalue weighted by atomic mass is 9.73. The van der Waals surface area contributed by atoms with Crippen molar-refractivity contribution in [2.45, 2.75) is 12.8 Å². The lowest BCUT2D eigenvalue weighted by molar-refractivity contribution is -0.0666. The number of hydrogen-bond acceptors (Lipinski definition) is 3. The monoisotopic (exact) mass is 447 g/mol. The van der Waals surface area contributed by atoms with Crippen molar-refractivity contribution in [3.8, 4) is 23.0 Å². The summed E-state index contributed by atoms with van der Waals surface area (Å²) in [4.78, 5) is 15.1. The van der Waals surface area contributed by atoms with Crippen LogP contribution in [-0.4, -0.2) is 47.3 Å². The highest BCUT2D eigenvalue weighted by Gasteiger charge is 2.45. The number of ether oxygens (including phenoxy) is 1. The number of H-pyrrole nitrogens is 1. The second-order valence-corrected chi connectivity index (χ2v) is 9.27. The van der Waals surface area contributed by atoms with Gasteiger partial charge in [-0.2, -0.15) is 5.10 Å². The first-order valence-electron chi connectivity index (χ1n) is 11.7. The zero-order valence-electron chi connectivity index (χ0n) is 18.9. The Morgan fingerprint density at radius 3 is 2.53 bits per heavy atom. The SMILES string of the molecule is O=C(c1ccc2n[nH]c(C#Cc3ccccc3-c3ccccc3)c2c1)N1CC2(CCOCC2)C1. The Balaban J connectivity index is 1.27. The van der Waals surface area contributed by atoms with E-state index in [1.165, 1.54) is 0 Å². The summed E-state index contributed by atoms with van der Waals surface area (Å²) < 4.78 is 5.49. The molecule has 0 unspecified atom stereocenters. The molecule has 168 valence electrons. The van der Waals surface area contributed by atoms with Gasteiger partial charge in [0.1, 0.15) is 5.69 Å². The second kappa shape index (κ2) is 8.48. The van der Waals surface area contributed by atoms with Gasteiger partial charge in [0.05, 0.1) is 5.52 Å². The number of rotatable bonds is 2. The van der Waals surface area contributed by atoms with Crippen LogP contribution in [0.3, 0.4) is 0 Å². The van der Waals surface area contributed by atoms with Crippen LogP contribution in [0.2, 0.25) is 0 Å². The zero-order valence-corrected chi connectivity index (χ0v) is 18.9.